The van der Waals surface area contributed by atoms with E-state index in [4.69, 9.17) is 0 Å². The third-order valence-electron chi connectivity index (χ3n) is 5.95. The Morgan fingerprint density at radius 2 is 1.97 bits per heavy atom. The lowest BCUT2D eigenvalue weighted by molar-refractivity contribution is -0.274. The van der Waals surface area contributed by atoms with Crippen molar-refractivity contribution in [3.05, 3.63) is 59.2 Å². The molecule has 2 aliphatic heterocycles. The predicted octanol–water partition coefficient (Wildman–Crippen LogP) is 4.65. The third kappa shape index (κ3) is 5.92. The number of allylic oxidation sites excluding steroid dienone is 3. The molecule has 2 heterocycles. The number of nitrogens with zero attached hydrogens (tertiary/aromatic N) is 1. The van der Waals surface area contributed by atoms with Crippen molar-refractivity contribution in [3.63, 3.8) is 0 Å². The largest absolute Gasteiger partial charge is 0.593 e. The molecule has 1 aliphatic carbocycles. The molecule has 4 rings (SSSR count). The highest BCUT2D eigenvalue weighted by molar-refractivity contribution is 8.03. The molecule has 33 heavy (non-hydrogen) atoms. The standard InChI is InChI=1S/C23H27F3N2O3S2/c24-23(25,26)31-17-8-10-18(11-9-17)33(30)27-13-4-3-5-16(15-29)28-20-7-2-1-6-19(20)22-21(28)12-14-32-22/h6-12,14,16,21-22,27,29H,1-5,13,15H2. The predicted molar refractivity (Wildman–Crippen MR) is 124 cm³/mol. The Morgan fingerprint density at radius 3 is 2.70 bits per heavy atom. The lowest BCUT2D eigenvalue weighted by Crippen LogP contribution is -2.41. The fraction of sp³-hybridized carbons (Fsp3) is 0.478. The maximum atomic E-state index is 12.4. The van der Waals surface area contributed by atoms with Gasteiger partial charge in [0, 0.05) is 12.2 Å². The molecule has 1 fully saturated rings. The second-order valence-corrected chi connectivity index (χ2v) is 10.5. The monoisotopic (exact) mass is 500 g/mol. The van der Waals surface area contributed by atoms with Crippen molar-refractivity contribution < 1.29 is 27.6 Å². The fourth-order valence-corrected chi connectivity index (χ4v) is 6.57. The van der Waals surface area contributed by atoms with E-state index in [2.05, 4.69) is 38.0 Å². The highest BCUT2D eigenvalue weighted by Crippen LogP contribution is 2.48. The van der Waals surface area contributed by atoms with Gasteiger partial charge in [-0.1, -0.05) is 18.2 Å². The number of fused-ring (bicyclic) bond motifs is 3. The van der Waals surface area contributed by atoms with Gasteiger partial charge in [0.1, 0.15) is 5.75 Å². The minimum absolute atomic E-state index is 0.0303. The zero-order valence-corrected chi connectivity index (χ0v) is 19.6. The van der Waals surface area contributed by atoms with Crippen LogP contribution in [0.3, 0.4) is 0 Å². The van der Waals surface area contributed by atoms with Gasteiger partial charge in [-0.2, -0.15) is 0 Å². The van der Waals surface area contributed by atoms with Gasteiger partial charge in [-0.25, -0.2) is 0 Å². The number of nitrogens with one attached hydrogen (secondary N) is 1. The molecule has 10 heteroatoms. The van der Waals surface area contributed by atoms with Gasteiger partial charge in [-0.3, -0.25) is 0 Å². The Balaban J connectivity index is 1.23. The van der Waals surface area contributed by atoms with Gasteiger partial charge >= 0.3 is 6.36 Å². The average molecular weight is 501 g/mol. The van der Waals surface area contributed by atoms with Crippen molar-refractivity contribution in [3.8, 4) is 5.75 Å². The maximum absolute atomic E-state index is 12.4. The SMILES string of the molecule is [O-][S+](NCCCCC(CO)N1C2=CCCC=C2C2SC=CC21)c1ccc(OC(F)(F)F)cc1. The van der Waals surface area contributed by atoms with Crippen molar-refractivity contribution in [1.82, 2.24) is 9.62 Å². The Kier molecular flexibility index (Phi) is 8.01. The van der Waals surface area contributed by atoms with Gasteiger partial charge in [0.25, 0.3) is 0 Å². The number of halogens is 3. The van der Waals surface area contributed by atoms with Crippen molar-refractivity contribution in [2.24, 2.45) is 0 Å². The van der Waals surface area contributed by atoms with Crippen molar-refractivity contribution >= 4 is 23.1 Å². The van der Waals surface area contributed by atoms with Crippen LogP contribution in [0.2, 0.25) is 0 Å². The summed E-state index contributed by atoms with van der Waals surface area (Å²) >= 11 is 0.329. The Hall–Kier alpha value is -1.59. The molecule has 0 radical (unpaired) electrons. The van der Waals surface area contributed by atoms with Crippen LogP contribution in [0.25, 0.3) is 0 Å². The van der Waals surface area contributed by atoms with E-state index < -0.39 is 17.7 Å². The molecule has 1 aromatic carbocycles. The van der Waals surface area contributed by atoms with Crippen LogP contribution in [0.5, 0.6) is 5.75 Å². The van der Waals surface area contributed by atoms with Crippen LogP contribution in [0, 0.1) is 0 Å². The van der Waals surface area contributed by atoms with Crippen LogP contribution in [0.1, 0.15) is 32.1 Å². The van der Waals surface area contributed by atoms with E-state index in [1.165, 1.54) is 23.4 Å². The average Bonchev–Trinajstić information content (AvgIpc) is 3.37. The highest BCUT2D eigenvalue weighted by Gasteiger charge is 2.44. The number of aliphatic hydroxyl groups excluding tert-OH is 1. The number of ether oxygens (including phenoxy) is 1. The smallest absolute Gasteiger partial charge is 0.573 e. The summed E-state index contributed by atoms with van der Waals surface area (Å²) in [5, 5.41) is 12.7. The van der Waals surface area contributed by atoms with Gasteiger partial charge < -0.3 is 19.3 Å². The van der Waals surface area contributed by atoms with Gasteiger partial charge in [0.2, 0.25) is 0 Å². The molecule has 0 aromatic heterocycles. The third-order valence-corrected chi connectivity index (χ3v) is 8.26. The highest BCUT2D eigenvalue weighted by atomic mass is 32.2. The molecule has 0 bridgehead atoms. The van der Waals surface area contributed by atoms with E-state index in [0.717, 1.165) is 44.2 Å². The Morgan fingerprint density at radius 1 is 1.21 bits per heavy atom. The molecular formula is C23H27F3N2O3S2. The second-order valence-electron chi connectivity index (χ2n) is 8.12. The molecular weight excluding hydrogens is 473 g/mol. The summed E-state index contributed by atoms with van der Waals surface area (Å²) < 4.78 is 55.8. The first-order valence-corrected chi connectivity index (χ1v) is 13.1. The molecule has 4 atom stereocenters. The first kappa shape index (κ1) is 24.5. The fourth-order valence-electron chi connectivity index (χ4n) is 4.52. The maximum Gasteiger partial charge on any atom is 0.573 e. The minimum Gasteiger partial charge on any atom is -0.593 e. The summed E-state index contributed by atoms with van der Waals surface area (Å²) in [6.45, 7) is 0.583. The van der Waals surface area contributed by atoms with Crippen molar-refractivity contribution in [2.75, 3.05) is 13.2 Å². The van der Waals surface area contributed by atoms with Crippen LogP contribution >= 0.6 is 11.8 Å². The minimum atomic E-state index is -4.75. The number of hydrogen-bond donors (Lipinski definition) is 2. The number of rotatable bonds is 10. The van der Waals surface area contributed by atoms with Crippen molar-refractivity contribution in [2.45, 2.75) is 60.7 Å². The summed E-state index contributed by atoms with van der Waals surface area (Å²) in [7, 11) is 0. The molecule has 3 aliphatic rings. The van der Waals surface area contributed by atoms with Crippen LogP contribution in [-0.2, 0) is 11.4 Å². The van der Waals surface area contributed by atoms with Crippen LogP contribution < -0.4 is 9.46 Å². The van der Waals surface area contributed by atoms with Gasteiger partial charge in [0.05, 0.1) is 35.3 Å². The van der Waals surface area contributed by atoms with E-state index in [0.29, 0.717) is 16.7 Å². The normalized spacial score (nSPS) is 23.6. The number of unbranched alkanes of at least 4 members (excludes halogenated alkanes) is 1. The molecule has 5 nitrogen and oxygen atoms in total. The van der Waals surface area contributed by atoms with Crippen LogP contribution in [0.15, 0.2) is 64.1 Å². The Labute approximate surface area is 199 Å². The molecule has 1 saturated heterocycles. The van der Waals surface area contributed by atoms with E-state index in [1.807, 2.05) is 11.8 Å². The van der Waals surface area contributed by atoms with E-state index in [1.54, 1.807) is 0 Å². The topological polar surface area (TPSA) is 67.8 Å². The first-order valence-electron chi connectivity index (χ1n) is 11.0. The summed E-state index contributed by atoms with van der Waals surface area (Å²) in [5.74, 6) is -0.343. The zero-order valence-electron chi connectivity index (χ0n) is 18.0. The van der Waals surface area contributed by atoms with Crippen molar-refractivity contribution in [1.29, 1.82) is 0 Å². The summed E-state index contributed by atoms with van der Waals surface area (Å²) in [6.07, 6.45) is 6.65. The first-order chi connectivity index (χ1) is 15.9. The van der Waals surface area contributed by atoms with Crippen LogP contribution in [-0.4, -0.2) is 51.4 Å². The molecule has 0 spiro atoms. The Bertz CT molecular complexity index is 905. The van der Waals surface area contributed by atoms with E-state index in [9.17, 15) is 22.8 Å². The van der Waals surface area contributed by atoms with Crippen LogP contribution in [0.4, 0.5) is 13.2 Å². The number of aliphatic hydroxyl groups is 1. The van der Waals surface area contributed by atoms with Gasteiger partial charge in [-0.05, 0) is 67.4 Å². The lowest BCUT2D eigenvalue weighted by atomic mass is 10.0. The molecule has 0 saturated carbocycles. The molecule has 4 unspecified atom stereocenters. The number of benzene rings is 1. The lowest BCUT2D eigenvalue weighted by Gasteiger charge is -2.34. The van der Waals surface area contributed by atoms with E-state index in [-0.39, 0.29) is 24.4 Å². The number of thioether (sulfide) groups is 1. The molecule has 1 aromatic rings. The van der Waals surface area contributed by atoms with Gasteiger partial charge in [0.15, 0.2) is 4.90 Å². The quantitative estimate of drug-likeness (QED) is 0.360. The number of hydrogen-bond acceptors (Lipinski definition) is 6. The zero-order chi connectivity index (χ0) is 23.4. The molecule has 2 N–H and O–H groups in total. The summed E-state index contributed by atoms with van der Waals surface area (Å²) in [6, 6.07) is 5.32. The van der Waals surface area contributed by atoms with Gasteiger partial charge in [-0.15, -0.1) is 29.7 Å². The molecule has 0 amide bonds. The number of alkyl halides is 3. The number of likely N-dealkylation sites (tertiary alicyclic amines) is 1. The molecule has 180 valence electrons. The summed E-state index contributed by atoms with van der Waals surface area (Å²) in [4.78, 5) is 2.76. The second kappa shape index (κ2) is 10.8. The van der Waals surface area contributed by atoms with E-state index >= 15 is 0 Å². The summed E-state index contributed by atoms with van der Waals surface area (Å²) in [5.41, 5.74) is 2.66.